The first-order valence-corrected chi connectivity index (χ1v) is 7.85. The Morgan fingerprint density at radius 1 is 1.28 bits per heavy atom. The molecule has 1 fully saturated rings. The van der Waals surface area contributed by atoms with E-state index >= 15 is 0 Å². The molecule has 4 heteroatoms. The van der Waals surface area contributed by atoms with Crippen molar-refractivity contribution in [2.45, 2.75) is 25.9 Å². The van der Waals surface area contributed by atoms with Crippen LogP contribution in [0.1, 0.15) is 21.7 Å². The molecule has 1 N–H and O–H groups in total. The molecular formula is C14H23N3S. The lowest BCUT2D eigenvalue weighted by Crippen LogP contribution is -2.28. The molecule has 3 nitrogen and oxygen atoms in total. The van der Waals surface area contributed by atoms with Crippen LogP contribution in [-0.2, 0) is 19.5 Å². The lowest BCUT2D eigenvalue weighted by Gasteiger charge is -2.18. The van der Waals surface area contributed by atoms with Crippen molar-refractivity contribution < 1.29 is 0 Å². The van der Waals surface area contributed by atoms with E-state index in [1.165, 1.54) is 39.0 Å². The van der Waals surface area contributed by atoms with Crippen molar-refractivity contribution in [3.63, 3.8) is 0 Å². The van der Waals surface area contributed by atoms with Crippen LogP contribution < -0.4 is 5.32 Å². The highest BCUT2D eigenvalue weighted by molar-refractivity contribution is 7.12. The Kier molecular flexibility index (Phi) is 3.99. The Morgan fingerprint density at radius 3 is 3.11 bits per heavy atom. The van der Waals surface area contributed by atoms with Crippen LogP contribution in [0.3, 0.4) is 0 Å². The summed E-state index contributed by atoms with van der Waals surface area (Å²) in [5.41, 5.74) is 1.55. The number of rotatable bonds is 2. The summed E-state index contributed by atoms with van der Waals surface area (Å²) in [7, 11) is 2.24. The third kappa shape index (κ3) is 2.94. The molecule has 2 aliphatic rings. The minimum atomic E-state index is 1.08. The Bertz CT molecular complexity index is 378. The highest BCUT2D eigenvalue weighted by atomic mass is 32.1. The van der Waals surface area contributed by atoms with Gasteiger partial charge in [0.05, 0.1) is 0 Å². The van der Waals surface area contributed by atoms with Crippen LogP contribution in [0.25, 0.3) is 0 Å². The zero-order valence-corrected chi connectivity index (χ0v) is 12.1. The summed E-state index contributed by atoms with van der Waals surface area (Å²) in [4.78, 5) is 8.25. The number of fused-ring (bicyclic) bond motifs is 1. The van der Waals surface area contributed by atoms with Crippen LogP contribution in [0.2, 0.25) is 0 Å². The second-order valence-electron chi connectivity index (χ2n) is 5.52. The summed E-state index contributed by atoms with van der Waals surface area (Å²) in [6.07, 6.45) is 2.53. The molecule has 0 spiro atoms. The number of nitrogens with one attached hydrogen (secondary N) is 1. The van der Waals surface area contributed by atoms with Gasteiger partial charge in [0.2, 0.25) is 0 Å². The topological polar surface area (TPSA) is 18.5 Å². The zero-order chi connectivity index (χ0) is 12.4. The maximum Gasteiger partial charge on any atom is 0.0328 e. The normalized spacial score (nSPS) is 22.7. The predicted octanol–water partition coefficient (Wildman–Crippen LogP) is 1.53. The second-order valence-corrected chi connectivity index (χ2v) is 6.74. The van der Waals surface area contributed by atoms with Gasteiger partial charge in [-0.25, -0.2) is 0 Å². The molecule has 0 radical (unpaired) electrons. The number of thiophene rings is 1. The van der Waals surface area contributed by atoms with E-state index in [2.05, 4.69) is 28.2 Å². The van der Waals surface area contributed by atoms with Gasteiger partial charge in [0.15, 0.2) is 0 Å². The van der Waals surface area contributed by atoms with E-state index in [0.29, 0.717) is 0 Å². The quantitative estimate of drug-likeness (QED) is 0.875. The Labute approximate surface area is 114 Å². The highest BCUT2D eigenvalue weighted by Gasteiger charge is 2.16. The second kappa shape index (κ2) is 5.70. The van der Waals surface area contributed by atoms with Crippen LogP contribution >= 0.6 is 11.3 Å². The van der Waals surface area contributed by atoms with Gasteiger partial charge in [-0.2, -0.15) is 0 Å². The van der Waals surface area contributed by atoms with E-state index in [1.54, 1.807) is 15.3 Å². The van der Waals surface area contributed by atoms with Gasteiger partial charge in [-0.05, 0) is 44.6 Å². The van der Waals surface area contributed by atoms with E-state index in [1.807, 2.05) is 11.3 Å². The number of hydrogen-bond acceptors (Lipinski definition) is 4. The maximum atomic E-state index is 3.46. The van der Waals surface area contributed by atoms with Crippen molar-refractivity contribution in [3.8, 4) is 0 Å². The zero-order valence-electron chi connectivity index (χ0n) is 11.2. The molecule has 18 heavy (non-hydrogen) atoms. The molecule has 1 saturated heterocycles. The van der Waals surface area contributed by atoms with Gasteiger partial charge in [0.1, 0.15) is 0 Å². The SMILES string of the molecule is CN1CCCN(Cc2cc3c(s2)CCNC3)CC1. The van der Waals surface area contributed by atoms with Gasteiger partial charge in [0.25, 0.3) is 0 Å². The van der Waals surface area contributed by atoms with Gasteiger partial charge >= 0.3 is 0 Å². The first-order chi connectivity index (χ1) is 8.81. The highest BCUT2D eigenvalue weighted by Crippen LogP contribution is 2.26. The summed E-state index contributed by atoms with van der Waals surface area (Å²) < 4.78 is 0. The molecule has 0 aromatic carbocycles. The van der Waals surface area contributed by atoms with E-state index in [0.717, 1.165) is 19.6 Å². The maximum absolute atomic E-state index is 3.46. The standard InChI is InChI=1S/C14H23N3S/c1-16-5-2-6-17(8-7-16)11-13-9-12-10-15-4-3-14(12)18-13/h9,15H,2-8,10-11H2,1H3. The first-order valence-electron chi connectivity index (χ1n) is 7.03. The minimum absolute atomic E-state index is 1.08. The van der Waals surface area contributed by atoms with Gasteiger partial charge < -0.3 is 10.2 Å². The molecule has 1 aromatic heterocycles. The minimum Gasteiger partial charge on any atom is -0.312 e. The average Bonchev–Trinajstić information content (AvgIpc) is 2.66. The monoisotopic (exact) mass is 265 g/mol. The Balaban J connectivity index is 1.63. The first kappa shape index (κ1) is 12.6. The smallest absolute Gasteiger partial charge is 0.0328 e. The molecular weight excluding hydrogens is 242 g/mol. The number of likely N-dealkylation sites (N-methyl/N-ethyl adjacent to an activating group) is 1. The van der Waals surface area contributed by atoms with Crippen LogP contribution in [0, 0.1) is 0 Å². The molecule has 2 aliphatic heterocycles. The van der Waals surface area contributed by atoms with Gasteiger partial charge in [-0.3, -0.25) is 4.90 Å². The molecule has 3 heterocycles. The van der Waals surface area contributed by atoms with Crippen molar-refractivity contribution in [2.75, 3.05) is 39.8 Å². The van der Waals surface area contributed by atoms with Gasteiger partial charge in [-0.1, -0.05) is 0 Å². The molecule has 0 atom stereocenters. The number of nitrogens with zero attached hydrogens (tertiary/aromatic N) is 2. The summed E-state index contributed by atoms with van der Waals surface area (Å²) in [5.74, 6) is 0. The molecule has 0 saturated carbocycles. The van der Waals surface area contributed by atoms with Crippen molar-refractivity contribution in [2.24, 2.45) is 0 Å². The fourth-order valence-corrected chi connectivity index (χ4v) is 4.10. The van der Waals surface area contributed by atoms with Crippen molar-refractivity contribution in [1.82, 2.24) is 15.1 Å². The third-order valence-corrected chi connectivity index (χ3v) is 5.21. The summed E-state index contributed by atoms with van der Waals surface area (Å²) >= 11 is 2.04. The van der Waals surface area contributed by atoms with Crippen LogP contribution in [0.4, 0.5) is 0 Å². The van der Waals surface area contributed by atoms with Gasteiger partial charge in [0, 0.05) is 42.5 Å². The molecule has 100 valence electrons. The fraction of sp³-hybridized carbons (Fsp3) is 0.714. The van der Waals surface area contributed by atoms with Crippen molar-refractivity contribution >= 4 is 11.3 Å². The predicted molar refractivity (Wildman–Crippen MR) is 77.1 cm³/mol. The largest absolute Gasteiger partial charge is 0.312 e. The summed E-state index contributed by atoms with van der Waals surface area (Å²) in [5, 5.41) is 3.46. The summed E-state index contributed by atoms with van der Waals surface area (Å²) in [6, 6.07) is 2.43. The van der Waals surface area contributed by atoms with Crippen molar-refractivity contribution in [1.29, 1.82) is 0 Å². The lowest BCUT2D eigenvalue weighted by atomic mass is 10.1. The van der Waals surface area contributed by atoms with E-state index in [-0.39, 0.29) is 0 Å². The van der Waals surface area contributed by atoms with E-state index in [9.17, 15) is 0 Å². The average molecular weight is 265 g/mol. The van der Waals surface area contributed by atoms with E-state index < -0.39 is 0 Å². The molecule has 0 bridgehead atoms. The lowest BCUT2D eigenvalue weighted by molar-refractivity contribution is 0.271. The summed E-state index contributed by atoms with van der Waals surface area (Å²) in [6.45, 7) is 8.33. The van der Waals surface area contributed by atoms with Crippen LogP contribution in [0.15, 0.2) is 6.07 Å². The van der Waals surface area contributed by atoms with Crippen LogP contribution in [-0.4, -0.2) is 49.6 Å². The Hall–Kier alpha value is -0.420. The molecule has 0 aliphatic carbocycles. The number of hydrogen-bond donors (Lipinski definition) is 1. The van der Waals surface area contributed by atoms with Crippen molar-refractivity contribution in [3.05, 3.63) is 21.4 Å². The molecule has 0 unspecified atom stereocenters. The molecule has 3 rings (SSSR count). The third-order valence-electron chi connectivity index (χ3n) is 3.98. The Morgan fingerprint density at radius 2 is 2.22 bits per heavy atom. The van der Waals surface area contributed by atoms with E-state index in [4.69, 9.17) is 0 Å². The fourth-order valence-electron chi connectivity index (χ4n) is 2.87. The van der Waals surface area contributed by atoms with Gasteiger partial charge in [-0.15, -0.1) is 11.3 Å². The van der Waals surface area contributed by atoms with Crippen LogP contribution in [0.5, 0.6) is 0 Å². The molecule has 0 amide bonds. The molecule has 1 aromatic rings.